The molecule has 1 fully saturated rings. The summed E-state index contributed by atoms with van der Waals surface area (Å²) in [5.74, 6) is -0.736. The van der Waals surface area contributed by atoms with Crippen molar-refractivity contribution in [3.63, 3.8) is 0 Å². The molecule has 1 amide bonds. The monoisotopic (exact) mass is 480 g/mol. The number of likely N-dealkylation sites (N-methyl/N-ethyl adjacent to an activating group) is 1. The third-order valence-corrected chi connectivity index (χ3v) is 5.76. The molecule has 0 radical (unpaired) electrons. The lowest BCUT2D eigenvalue weighted by Crippen LogP contribution is -2.47. The minimum atomic E-state index is -2.82. The minimum absolute atomic E-state index is 0.0125. The summed E-state index contributed by atoms with van der Waals surface area (Å²) in [6.45, 7) is 3.49. The van der Waals surface area contributed by atoms with E-state index < -0.39 is 12.3 Å². The lowest BCUT2D eigenvalue weighted by Gasteiger charge is -2.32. The van der Waals surface area contributed by atoms with Gasteiger partial charge in [-0.3, -0.25) is 9.78 Å². The van der Waals surface area contributed by atoms with Gasteiger partial charge in [0.15, 0.2) is 0 Å². The van der Waals surface area contributed by atoms with Crippen LogP contribution in [0.3, 0.4) is 0 Å². The molecule has 10 nitrogen and oxygen atoms in total. The molecule has 1 aromatic carbocycles. The summed E-state index contributed by atoms with van der Waals surface area (Å²) in [5, 5.41) is 15.3. The van der Waals surface area contributed by atoms with Crippen molar-refractivity contribution in [2.75, 3.05) is 33.2 Å². The van der Waals surface area contributed by atoms with E-state index in [1.807, 2.05) is 29.2 Å². The highest BCUT2D eigenvalue weighted by molar-refractivity contribution is 5.95. The van der Waals surface area contributed by atoms with Crippen LogP contribution in [0.25, 0.3) is 22.7 Å². The van der Waals surface area contributed by atoms with Crippen LogP contribution in [-0.4, -0.2) is 79.1 Å². The molecule has 0 bridgehead atoms. The fourth-order valence-corrected chi connectivity index (χ4v) is 3.76. The van der Waals surface area contributed by atoms with Crippen LogP contribution in [0.4, 0.5) is 8.78 Å². The minimum Gasteiger partial charge on any atom is -0.415 e. The van der Waals surface area contributed by atoms with Gasteiger partial charge in [0.25, 0.3) is 11.8 Å². The summed E-state index contributed by atoms with van der Waals surface area (Å²) in [7, 11) is 2.05. The zero-order valence-electron chi connectivity index (χ0n) is 18.9. The summed E-state index contributed by atoms with van der Waals surface area (Å²) in [5.41, 5.74) is 3.17. The molecule has 5 rings (SSSR count). The van der Waals surface area contributed by atoms with E-state index in [0.717, 1.165) is 18.7 Å². The first-order chi connectivity index (χ1) is 17.0. The normalized spacial score (nSPS) is 14.6. The predicted octanol–water partition coefficient (Wildman–Crippen LogP) is 2.76. The number of carbonyl (C=O) groups is 1. The first kappa shape index (κ1) is 22.7. The van der Waals surface area contributed by atoms with Gasteiger partial charge in [-0.1, -0.05) is 17.3 Å². The lowest BCUT2D eigenvalue weighted by atomic mass is 10.1. The van der Waals surface area contributed by atoms with Crippen molar-refractivity contribution in [2.24, 2.45) is 0 Å². The Morgan fingerprint density at radius 3 is 2.60 bits per heavy atom. The largest absolute Gasteiger partial charge is 0.415 e. The first-order valence-corrected chi connectivity index (χ1v) is 11.0. The molecule has 180 valence electrons. The second kappa shape index (κ2) is 9.66. The molecule has 35 heavy (non-hydrogen) atoms. The molecule has 0 spiro atoms. The molecule has 4 aromatic rings. The van der Waals surface area contributed by atoms with E-state index >= 15 is 0 Å². The Balaban J connectivity index is 1.26. The van der Waals surface area contributed by atoms with Crippen LogP contribution in [-0.2, 0) is 6.54 Å². The van der Waals surface area contributed by atoms with Gasteiger partial charge < -0.3 is 14.2 Å². The van der Waals surface area contributed by atoms with E-state index in [2.05, 4.69) is 37.4 Å². The number of benzene rings is 1. The number of nitrogens with zero attached hydrogens (tertiary/aromatic N) is 8. The number of alkyl halides is 2. The number of rotatable bonds is 6. The van der Waals surface area contributed by atoms with Gasteiger partial charge in [0.05, 0.1) is 24.0 Å². The van der Waals surface area contributed by atoms with E-state index in [-0.39, 0.29) is 11.8 Å². The molecule has 12 heteroatoms. The molecule has 3 aromatic heterocycles. The maximum atomic E-state index is 12.9. The molecule has 0 atom stereocenters. The van der Waals surface area contributed by atoms with E-state index in [1.54, 1.807) is 23.0 Å². The van der Waals surface area contributed by atoms with Gasteiger partial charge in [-0.05, 0) is 31.3 Å². The van der Waals surface area contributed by atoms with Crippen LogP contribution in [0.2, 0.25) is 0 Å². The van der Waals surface area contributed by atoms with Gasteiger partial charge in [0.1, 0.15) is 5.69 Å². The number of carbonyl (C=O) groups excluding carboxylic acids is 1. The number of aromatic nitrogens is 6. The molecule has 1 aliphatic rings. The summed E-state index contributed by atoms with van der Waals surface area (Å²) < 4.78 is 31.9. The Morgan fingerprint density at radius 2 is 1.89 bits per heavy atom. The van der Waals surface area contributed by atoms with Gasteiger partial charge in [0.2, 0.25) is 5.89 Å². The smallest absolute Gasteiger partial charge is 0.314 e. The molecule has 1 saturated heterocycles. The summed E-state index contributed by atoms with van der Waals surface area (Å²) in [6.07, 6.45) is 0.432. The average Bonchev–Trinajstić information content (AvgIpc) is 3.55. The van der Waals surface area contributed by atoms with Crippen molar-refractivity contribution in [1.82, 2.24) is 40.0 Å². The third-order valence-electron chi connectivity index (χ3n) is 5.76. The van der Waals surface area contributed by atoms with Crippen LogP contribution < -0.4 is 0 Å². The second-order valence-corrected chi connectivity index (χ2v) is 8.26. The Kier molecular flexibility index (Phi) is 6.27. The van der Waals surface area contributed by atoms with E-state index in [9.17, 15) is 13.6 Å². The van der Waals surface area contributed by atoms with Gasteiger partial charge >= 0.3 is 6.43 Å². The fourth-order valence-electron chi connectivity index (χ4n) is 3.76. The standard InChI is InChI=1S/C23H22F2N8O2/c1-31-7-9-32(10-8-31)23(34)16-4-2-3-15(11-16)19-14-33(30-27-19)13-18-6-5-17(12-26-18)21-28-29-22(35-21)20(24)25/h2-6,11-12,14,20H,7-10,13H2,1H3. The first-order valence-electron chi connectivity index (χ1n) is 11.0. The van der Waals surface area contributed by atoms with E-state index in [0.29, 0.717) is 42.1 Å². The van der Waals surface area contributed by atoms with Crippen molar-refractivity contribution < 1.29 is 18.0 Å². The van der Waals surface area contributed by atoms with Crippen molar-refractivity contribution in [3.05, 3.63) is 65.9 Å². The predicted molar refractivity (Wildman–Crippen MR) is 120 cm³/mol. The Morgan fingerprint density at radius 1 is 1.06 bits per heavy atom. The Bertz CT molecular complexity index is 1310. The molecule has 1 aliphatic heterocycles. The maximum Gasteiger partial charge on any atom is 0.314 e. The number of pyridine rings is 1. The molecule has 0 aliphatic carbocycles. The topological polar surface area (TPSA) is 106 Å². The number of hydrogen-bond donors (Lipinski definition) is 0. The molecular formula is C23H22F2N8O2. The van der Waals surface area contributed by atoms with E-state index in [1.165, 1.54) is 6.20 Å². The molecular weight excluding hydrogens is 458 g/mol. The Hall–Kier alpha value is -4.06. The SMILES string of the molecule is CN1CCN(C(=O)c2cccc(-c3cn(Cc4ccc(-c5nnc(C(F)F)o5)cn4)nn3)c2)CC1. The number of amides is 1. The highest BCUT2D eigenvalue weighted by atomic mass is 19.3. The zero-order chi connectivity index (χ0) is 24.4. The van der Waals surface area contributed by atoms with Gasteiger partial charge in [-0.15, -0.1) is 15.3 Å². The number of halogens is 2. The Labute approximate surface area is 199 Å². The van der Waals surface area contributed by atoms with Crippen LogP contribution >= 0.6 is 0 Å². The van der Waals surface area contributed by atoms with E-state index in [4.69, 9.17) is 4.42 Å². The molecule has 4 heterocycles. The summed E-state index contributed by atoms with van der Waals surface area (Å²) in [6, 6.07) is 10.8. The quantitative estimate of drug-likeness (QED) is 0.415. The van der Waals surface area contributed by atoms with Gasteiger partial charge in [-0.2, -0.15) is 8.78 Å². The van der Waals surface area contributed by atoms with Crippen LogP contribution in [0.5, 0.6) is 0 Å². The van der Waals surface area contributed by atoms with Crippen molar-refractivity contribution in [2.45, 2.75) is 13.0 Å². The third kappa shape index (κ3) is 5.06. The summed E-state index contributed by atoms with van der Waals surface area (Å²) >= 11 is 0. The van der Waals surface area contributed by atoms with Crippen LogP contribution in [0.1, 0.15) is 28.4 Å². The van der Waals surface area contributed by atoms with Crippen molar-refractivity contribution >= 4 is 5.91 Å². The second-order valence-electron chi connectivity index (χ2n) is 8.26. The van der Waals surface area contributed by atoms with Gasteiger partial charge in [-0.25, -0.2) is 4.68 Å². The highest BCUT2D eigenvalue weighted by Crippen LogP contribution is 2.23. The molecule has 0 N–H and O–H groups in total. The fraction of sp³-hybridized carbons (Fsp3) is 0.304. The van der Waals surface area contributed by atoms with Crippen LogP contribution in [0, 0.1) is 0 Å². The maximum absolute atomic E-state index is 12.9. The lowest BCUT2D eigenvalue weighted by molar-refractivity contribution is 0.0664. The van der Waals surface area contributed by atoms with Crippen molar-refractivity contribution in [3.8, 4) is 22.7 Å². The van der Waals surface area contributed by atoms with Crippen LogP contribution in [0.15, 0.2) is 53.2 Å². The number of hydrogen-bond acceptors (Lipinski definition) is 8. The van der Waals surface area contributed by atoms with Crippen molar-refractivity contribution in [1.29, 1.82) is 0 Å². The number of piperazine rings is 1. The molecule has 0 saturated carbocycles. The van der Waals surface area contributed by atoms with Gasteiger partial charge in [0, 0.05) is 43.5 Å². The molecule has 0 unspecified atom stereocenters. The summed E-state index contributed by atoms with van der Waals surface area (Å²) in [4.78, 5) is 21.3. The average molecular weight is 480 g/mol. The zero-order valence-corrected chi connectivity index (χ0v) is 18.9. The highest BCUT2D eigenvalue weighted by Gasteiger charge is 2.21.